The first-order chi connectivity index (χ1) is 12.6. The fourth-order valence-corrected chi connectivity index (χ4v) is 4.17. The van der Waals surface area contributed by atoms with E-state index in [9.17, 15) is 9.18 Å². The second-order valence-electron chi connectivity index (χ2n) is 6.51. The van der Waals surface area contributed by atoms with E-state index in [1.165, 1.54) is 12.1 Å². The second-order valence-corrected chi connectivity index (χ2v) is 7.92. The summed E-state index contributed by atoms with van der Waals surface area (Å²) in [7, 11) is 0. The predicted molar refractivity (Wildman–Crippen MR) is 103 cm³/mol. The molecule has 3 unspecified atom stereocenters. The van der Waals surface area contributed by atoms with Crippen LogP contribution in [0.1, 0.15) is 34.4 Å². The van der Waals surface area contributed by atoms with Gasteiger partial charge in [0.15, 0.2) is 0 Å². The average Bonchev–Trinajstić information content (AvgIpc) is 3.26. The summed E-state index contributed by atoms with van der Waals surface area (Å²) in [5.41, 5.74) is 2.02. The van der Waals surface area contributed by atoms with Gasteiger partial charge in [0.25, 0.3) is 0 Å². The number of hydrogen-bond acceptors (Lipinski definition) is 2. The lowest BCUT2D eigenvalue weighted by Crippen LogP contribution is -2.30. The van der Waals surface area contributed by atoms with Crippen molar-refractivity contribution in [3.8, 4) is 0 Å². The zero-order chi connectivity index (χ0) is 18.1. The number of thiophene rings is 1. The highest BCUT2D eigenvalue weighted by Gasteiger charge is 2.44. The Morgan fingerprint density at radius 1 is 1.12 bits per heavy atom. The summed E-state index contributed by atoms with van der Waals surface area (Å²) in [6, 6.07) is 17.8. The molecular weight excluding hydrogens is 369 g/mol. The fourth-order valence-electron chi connectivity index (χ4n) is 3.24. The van der Waals surface area contributed by atoms with Gasteiger partial charge in [-0.25, -0.2) is 4.39 Å². The first-order valence-electron chi connectivity index (χ1n) is 8.46. The molecule has 3 atom stereocenters. The number of halogens is 2. The molecule has 26 heavy (non-hydrogen) atoms. The Morgan fingerprint density at radius 2 is 1.85 bits per heavy atom. The van der Waals surface area contributed by atoms with Crippen molar-refractivity contribution in [2.45, 2.75) is 18.4 Å². The Labute approximate surface area is 160 Å². The summed E-state index contributed by atoms with van der Waals surface area (Å²) in [6.07, 6.45) is 0.801. The van der Waals surface area contributed by atoms with Crippen LogP contribution in [0.3, 0.4) is 0 Å². The maximum Gasteiger partial charge on any atom is 0.224 e. The lowest BCUT2D eigenvalue weighted by Gasteiger charge is -2.18. The van der Waals surface area contributed by atoms with Crippen LogP contribution in [0.25, 0.3) is 0 Å². The van der Waals surface area contributed by atoms with Crippen LogP contribution in [-0.2, 0) is 4.79 Å². The summed E-state index contributed by atoms with van der Waals surface area (Å²) in [6.45, 7) is 0. The number of benzene rings is 2. The molecule has 132 valence electrons. The SMILES string of the molecule is O=C(NC(c1ccc(Cl)cc1)c1cccs1)C1CC1c1ccc(F)cc1. The van der Waals surface area contributed by atoms with E-state index < -0.39 is 0 Å². The van der Waals surface area contributed by atoms with Crippen molar-refractivity contribution in [2.24, 2.45) is 5.92 Å². The van der Waals surface area contributed by atoms with E-state index >= 15 is 0 Å². The standard InChI is InChI=1S/C21H17ClFNOS/c22-15-7-3-14(4-8-15)20(19-2-1-11-26-19)24-21(25)18-12-17(18)13-5-9-16(23)10-6-13/h1-11,17-18,20H,12H2,(H,24,25). The number of carbonyl (C=O) groups is 1. The maximum atomic E-state index is 13.1. The zero-order valence-electron chi connectivity index (χ0n) is 13.9. The van der Waals surface area contributed by atoms with Crippen LogP contribution in [-0.4, -0.2) is 5.91 Å². The molecule has 2 aromatic carbocycles. The summed E-state index contributed by atoms with van der Waals surface area (Å²) in [4.78, 5) is 13.9. The first kappa shape index (κ1) is 17.3. The quantitative estimate of drug-likeness (QED) is 0.613. The minimum atomic E-state index is -0.254. The fraction of sp³-hybridized carbons (Fsp3) is 0.190. The summed E-state index contributed by atoms with van der Waals surface area (Å²) < 4.78 is 13.1. The highest BCUT2D eigenvalue weighted by Crippen LogP contribution is 2.48. The van der Waals surface area contributed by atoms with Crippen molar-refractivity contribution >= 4 is 28.8 Å². The normalized spacial score (nSPS) is 19.8. The monoisotopic (exact) mass is 385 g/mol. The number of rotatable bonds is 5. The Morgan fingerprint density at radius 3 is 2.50 bits per heavy atom. The van der Waals surface area contributed by atoms with E-state index in [4.69, 9.17) is 11.6 Å². The third-order valence-corrected chi connectivity index (χ3v) is 5.93. The highest BCUT2D eigenvalue weighted by molar-refractivity contribution is 7.10. The summed E-state index contributed by atoms with van der Waals surface area (Å²) in [5.74, 6) is -0.108. The van der Waals surface area contributed by atoms with E-state index in [2.05, 4.69) is 5.32 Å². The van der Waals surface area contributed by atoms with E-state index in [0.29, 0.717) is 5.02 Å². The van der Waals surface area contributed by atoms with Gasteiger partial charge < -0.3 is 5.32 Å². The van der Waals surface area contributed by atoms with Crippen LogP contribution in [0.5, 0.6) is 0 Å². The summed E-state index contributed by atoms with van der Waals surface area (Å²) in [5, 5.41) is 5.86. The molecule has 0 saturated heterocycles. The van der Waals surface area contributed by atoms with Gasteiger partial charge in [0.1, 0.15) is 5.82 Å². The van der Waals surface area contributed by atoms with Crippen LogP contribution in [0.15, 0.2) is 66.0 Å². The minimum absolute atomic E-state index is 0.0349. The lowest BCUT2D eigenvalue weighted by atomic mass is 10.0. The largest absolute Gasteiger partial charge is 0.344 e. The molecule has 1 N–H and O–H groups in total. The van der Waals surface area contributed by atoms with Crippen LogP contribution in [0, 0.1) is 11.7 Å². The summed E-state index contributed by atoms with van der Waals surface area (Å²) >= 11 is 7.61. The molecule has 1 aliphatic rings. The topological polar surface area (TPSA) is 29.1 Å². The third kappa shape index (κ3) is 3.67. The van der Waals surface area contributed by atoms with Gasteiger partial charge in [0, 0.05) is 15.8 Å². The van der Waals surface area contributed by atoms with Gasteiger partial charge in [-0.05, 0) is 59.2 Å². The van der Waals surface area contributed by atoms with Crippen molar-refractivity contribution in [1.82, 2.24) is 5.32 Å². The van der Waals surface area contributed by atoms with Gasteiger partial charge in [-0.1, -0.05) is 41.9 Å². The molecule has 1 fully saturated rings. The Kier molecular flexibility index (Phi) is 4.79. The van der Waals surface area contributed by atoms with Crippen molar-refractivity contribution in [3.05, 3.63) is 92.9 Å². The second kappa shape index (κ2) is 7.22. The van der Waals surface area contributed by atoms with Crippen LogP contribution in [0.2, 0.25) is 5.02 Å². The van der Waals surface area contributed by atoms with Gasteiger partial charge in [0.2, 0.25) is 5.91 Å². The number of nitrogens with one attached hydrogen (secondary N) is 1. The van der Waals surface area contributed by atoms with E-state index in [1.807, 2.05) is 41.8 Å². The molecule has 5 heteroatoms. The molecule has 1 aliphatic carbocycles. The zero-order valence-corrected chi connectivity index (χ0v) is 15.4. The number of hydrogen-bond donors (Lipinski definition) is 1. The molecular formula is C21H17ClFNOS. The Hall–Kier alpha value is -2.17. The third-order valence-electron chi connectivity index (χ3n) is 4.74. The van der Waals surface area contributed by atoms with Crippen LogP contribution < -0.4 is 5.32 Å². The van der Waals surface area contributed by atoms with Gasteiger partial charge >= 0.3 is 0 Å². The van der Waals surface area contributed by atoms with E-state index in [-0.39, 0.29) is 29.6 Å². The van der Waals surface area contributed by atoms with Gasteiger partial charge in [-0.3, -0.25) is 4.79 Å². The first-order valence-corrected chi connectivity index (χ1v) is 9.72. The van der Waals surface area contributed by atoms with Crippen molar-refractivity contribution in [3.63, 3.8) is 0 Å². The number of carbonyl (C=O) groups excluding carboxylic acids is 1. The molecule has 4 rings (SSSR count). The molecule has 0 spiro atoms. The Balaban J connectivity index is 1.50. The molecule has 1 aromatic heterocycles. The molecule has 2 nitrogen and oxygen atoms in total. The molecule has 3 aromatic rings. The van der Waals surface area contributed by atoms with E-state index in [1.54, 1.807) is 23.5 Å². The Bertz CT molecular complexity index is 893. The van der Waals surface area contributed by atoms with Crippen molar-refractivity contribution in [1.29, 1.82) is 0 Å². The minimum Gasteiger partial charge on any atom is -0.344 e. The average molecular weight is 386 g/mol. The van der Waals surface area contributed by atoms with E-state index in [0.717, 1.165) is 22.4 Å². The molecule has 1 amide bonds. The van der Waals surface area contributed by atoms with Gasteiger partial charge in [-0.2, -0.15) is 0 Å². The predicted octanol–water partition coefficient (Wildman–Crippen LogP) is 5.55. The van der Waals surface area contributed by atoms with Gasteiger partial charge in [-0.15, -0.1) is 11.3 Å². The smallest absolute Gasteiger partial charge is 0.224 e. The van der Waals surface area contributed by atoms with Gasteiger partial charge in [0.05, 0.1) is 6.04 Å². The lowest BCUT2D eigenvalue weighted by molar-refractivity contribution is -0.122. The highest BCUT2D eigenvalue weighted by atomic mass is 35.5. The number of amides is 1. The molecule has 1 heterocycles. The molecule has 0 bridgehead atoms. The van der Waals surface area contributed by atoms with Crippen molar-refractivity contribution < 1.29 is 9.18 Å². The molecule has 1 saturated carbocycles. The maximum absolute atomic E-state index is 13.1. The van der Waals surface area contributed by atoms with Crippen LogP contribution in [0.4, 0.5) is 4.39 Å². The van der Waals surface area contributed by atoms with Crippen molar-refractivity contribution in [2.75, 3.05) is 0 Å². The molecule has 0 radical (unpaired) electrons. The molecule has 0 aliphatic heterocycles. The van der Waals surface area contributed by atoms with Crippen LogP contribution >= 0.6 is 22.9 Å².